The Morgan fingerprint density at radius 1 is 1.67 bits per heavy atom. The van der Waals surface area contributed by atoms with Gasteiger partial charge in [-0.15, -0.1) is 0 Å². The summed E-state index contributed by atoms with van der Waals surface area (Å²) < 4.78 is 4.91. The van der Waals surface area contributed by atoms with Gasteiger partial charge in [0.2, 0.25) is 0 Å². The molecule has 0 aromatic heterocycles. The molecule has 1 unspecified atom stereocenters. The summed E-state index contributed by atoms with van der Waals surface area (Å²) >= 11 is 0. The molecule has 3 nitrogen and oxygen atoms in total. The van der Waals surface area contributed by atoms with E-state index in [0.717, 1.165) is 25.3 Å². The summed E-state index contributed by atoms with van der Waals surface area (Å²) in [4.78, 5) is 10.7. The fourth-order valence-electron chi connectivity index (χ4n) is 0.849. The summed E-state index contributed by atoms with van der Waals surface area (Å²) in [5, 5.41) is 8.48. The van der Waals surface area contributed by atoms with E-state index in [4.69, 9.17) is 9.84 Å². The molecule has 0 fully saturated rings. The van der Waals surface area contributed by atoms with E-state index < -0.39 is 0 Å². The number of aliphatic hydroxyl groups is 1. The van der Waals surface area contributed by atoms with Crippen LogP contribution >= 0.6 is 0 Å². The van der Waals surface area contributed by atoms with E-state index in [1.807, 2.05) is 6.92 Å². The Bertz CT molecular complexity index is 143. The molecule has 1 N–H and O–H groups in total. The highest BCUT2D eigenvalue weighted by Crippen LogP contribution is 2.04. The van der Waals surface area contributed by atoms with Gasteiger partial charge in [0.05, 0.1) is 6.10 Å². The Balaban J connectivity index is 3.38. The van der Waals surface area contributed by atoms with Crippen molar-refractivity contribution >= 4 is 5.97 Å². The average Bonchev–Trinajstić information content (AvgIpc) is 2.05. The quantitative estimate of drug-likeness (QED) is 0.373. The molecule has 0 aliphatic rings. The lowest BCUT2D eigenvalue weighted by atomic mass is 10.2. The number of carbonyl (C=O) groups excluding carboxylic acids is 1. The van der Waals surface area contributed by atoms with Crippen molar-refractivity contribution in [2.24, 2.45) is 0 Å². The van der Waals surface area contributed by atoms with E-state index in [1.54, 1.807) is 0 Å². The largest absolute Gasteiger partial charge is 0.460 e. The molecule has 12 heavy (non-hydrogen) atoms. The number of hydrogen-bond donors (Lipinski definition) is 1. The SMILES string of the molecule is C=CC(=O)OC(C)CCCCO. The Hall–Kier alpha value is -0.830. The Morgan fingerprint density at radius 3 is 2.83 bits per heavy atom. The third-order valence-corrected chi connectivity index (χ3v) is 1.50. The molecule has 70 valence electrons. The molecule has 0 aliphatic carbocycles. The summed E-state index contributed by atoms with van der Waals surface area (Å²) in [6, 6.07) is 0. The van der Waals surface area contributed by atoms with Gasteiger partial charge in [-0.2, -0.15) is 0 Å². The second-order valence-corrected chi connectivity index (χ2v) is 2.67. The Kier molecular flexibility index (Phi) is 6.38. The van der Waals surface area contributed by atoms with Gasteiger partial charge in [-0.3, -0.25) is 0 Å². The summed E-state index contributed by atoms with van der Waals surface area (Å²) in [5.74, 6) is -0.383. The van der Waals surface area contributed by atoms with Crippen LogP contribution in [0.25, 0.3) is 0 Å². The number of unbranched alkanes of at least 4 members (excludes halogenated alkanes) is 1. The van der Waals surface area contributed by atoms with Crippen LogP contribution in [0.1, 0.15) is 26.2 Å². The van der Waals surface area contributed by atoms with Crippen molar-refractivity contribution in [1.29, 1.82) is 0 Å². The zero-order valence-corrected chi connectivity index (χ0v) is 7.45. The monoisotopic (exact) mass is 172 g/mol. The first-order valence-corrected chi connectivity index (χ1v) is 4.14. The molecule has 0 spiro atoms. The number of hydrogen-bond acceptors (Lipinski definition) is 3. The van der Waals surface area contributed by atoms with Crippen LogP contribution in [-0.2, 0) is 9.53 Å². The minimum Gasteiger partial charge on any atom is -0.460 e. The third-order valence-electron chi connectivity index (χ3n) is 1.50. The predicted octanol–water partition coefficient (Wildman–Crippen LogP) is 1.27. The molecule has 0 aliphatic heterocycles. The maximum absolute atomic E-state index is 10.7. The molecule has 0 saturated heterocycles. The van der Waals surface area contributed by atoms with Crippen LogP contribution in [-0.4, -0.2) is 23.8 Å². The molecule has 0 bridgehead atoms. The number of carbonyl (C=O) groups is 1. The zero-order valence-electron chi connectivity index (χ0n) is 7.45. The maximum Gasteiger partial charge on any atom is 0.330 e. The van der Waals surface area contributed by atoms with Crippen LogP contribution in [0.15, 0.2) is 12.7 Å². The summed E-state index contributed by atoms with van der Waals surface area (Å²) in [6.07, 6.45) is 3.50. The fraction of sp³-hybridized carbons (Fsp3) is 0.667. The number of esters is 1. The minimum atomic E-state index is -0.383. The molecule has 1 atom stereocenters. The van der Waals surface area contributed by atoms with Crippen molar-refractivity contribution in [3.8, 4) is 0 Å². The van der Waals surface area contributed by atoms with Gasteiger partial charge in [-0.05, 0) is 26.2 Å². The van der Waals surface area contributed by atoms with E-state index in [2.05, 4.69) is 6.58 Å². The van der Waals surface area contributed by atoms with E-state index >= 15 is 0 Å². The summed E-state index contributed by atoms with van der Waals surface area (Å²) in [6.45, 7) is 5.32. The van der Waals surface area contributed by atoms with Crippen LogP contribution in [0, 0.1) is 0 Å². The van der Waals surface area contributed by atoms with E-state index in [9.17, 15) is 4.79 Å². The highest BCUT2D eigenvalue weighted by Gasteiger charge is 2.04. The fourth-order valence-corrected chi connectivity index (χ4v) is 0.849. The first kappa shape index (κ1) is 11.2. The molecule has 0 heterocycles. The van der Waals surface area contributed by atoms with Crippen molar-refractivity contribution in [2.45, 2.75) is 32.3 Å². The Labute approximate surface area is 73.0 Å². The minimum absolute atomic E-state index is 0.0814. The molecule has 0 saturated carbocycles. The van der Waals surface area contributed by atoms with Crippen LogP contribution < -0.4 is 0 Å². The van der Waals surface area contributed by atoms with Crippen LogP contribution in [0.4, 0.5) is 0 Å². The van der Waals surface area contributed by atoms with Gasteiger partial charge in [0.1, 0.15) is 0 Å². The molecule has 0 rings (SSSR count). The van der Waals surface area contributed by atoms with Crippen molar-refractivity contribution in [1.82, 2.24) is 0 Å². The highest BCUT2D eigenvalue weighted by atomic mass is 16.5. The molecule has 0 radical (unpaired) electrons. The second-order valence-electron chi connectivity index (χ2n) is 2.67. The number of rotatable bonds is 6. The van der Waals surface area contributed by atoms with Crippen LogP contribution in [0.3, 0.4) is 0 Å². The van der Waals surface area contributed by atoms with E-state index in [0.29, 0.717) is 0 Å². The molecule has 0 amide bonds. The molecule has 3 heteroatoms. The molecular formula is C9H16O3. The topological polar surface area (TPSA) is 46.5 Å². The zero-order chi connectivity index (χ0) is 9.40. The summed E-state index contributed by atoms with van der Waals surface area (Å²) in [7, 11) is 0. The summed E-state index contributed by atoms with van der Waals surface area (Å²) in [5.41, 5.74) is 0. The molecule has 0 aromatic rings. The lowest BCUT2D eigenvalue weighted by molar-refractivity contribution is -0.142. The number of ether oxygens (including phenoxy) is 1. The lowest BCUT2D eigenvalue weighted by Gasteiger charge is -2.10. The van der Waals surface area contributed by atoms with Gasteiger partial charge < -0.3 is 9.84 Å². The smallest absolute Gasteiger partial charge is 0.330 e. The second kappa shape index (κ2) is 6.85. The van der Waals surface area contributed by atoms with Gasteiger partial charge >= 0.3 is 5.97 Å². The average molecular weight is 172 g/mol. The maximum atomic E-state index is 10.7. The predicted molar refractivity (Wildman–Crippen MR) is 46.7 cm³/mol. The third kappa shape index (κ3) is 5.92. The lowest BCUT2D eigenvalue weighted by Crippen LogP contribution is -2.12. The van der Waals surface area contributed by atoms with Gasteiger partial charge in [0, 0.05) is 12.7 Å². The molecular weight excluding hydrogens is 156 g/mol. The van der Waals surface area contributed by atoms with Gasteiger partial charge in [-0.1, -0.05) is 6.58 Å². The van der Waals surface area contributed by atoms with Crippen molar-refractivity contribution in [3.05, 3.63) is 12.7 Å². The number of aliphatic hydroxyl groups excluding tert-OH is 1. The van der Waals surface area contributed by atoms with E-state index in [-0.39, 0.29) is 18.7 Å². The van der Waals surface area contributed by atoms with Crippen LogP contribution in [0.5, 0.6) is 0 Å². The van der Waals surface area contributed by atoms with Crippen molar-refractivity contribution in [3.63, 3.8) is 0 Å². The highest BCUT2D eigenvalue weighted by molar-refractivity contribution is 5.81. The Morgan fingerprint density at radius 2 is 2.33 bits per heavy atom. The van der Waals surface area contributed by atoms with Crippen molar-refractivity contribution < 1.29 is 14.6 Å². The van der Waals surface area contributed by atoms with Gasteiger partial charge in [0.15, 0.2) is 0 Å². The first-order valence-electron chi connectivity index (χ1n) is 4.14. The normalized spacial score (nSPS) is 12.2. The van der Waals surface area contributed by atoms with Gasteiger partial charge in [-0.25, -0.2) is 4.79 Å². The van der Waals surface area contributed by atoms with Gasteiger partial charge in [0.25, 0.3) is 0 Å². The van der Waals surface area contributed by atoms with Crippen molar-refractivity contribution in [2.75, 3.05) is 6.61 Å². The van der Waals surface area contributed by atoms with E-state index in [1.165, 1.54) is 0 Å². The van der Waals surface area contributed by atoms with Crippen LogP contribution in [0.2, 0.25) is 0 Å². The first-order chi connectivity index (χ1) is 5.70. The standard InChI is InChI=1S/C9H16O3/c1-3-9(11)12-8(2)6-4-5-7-10/h3,8,10H,1,4-7H2,2H3. The molecule has 0 aromatic carbocycles.